The molecule has 1 rings (SSSR count). The van der Waals surface area contributed by atoms with Crippen molar-refractivity contribution in [1.29, 1.82) is 0 Å². The second kappa shape index (κ2) is 5.09. The molecule has 0 aliphatic heterocycles. The predicted molar refractivity (Wildman–Crippen MR) is 60.1 cm³/mol. The van der Waals surface area contributed by atoms with Crippen molar-refractivity contribution < 1.29 is 9.72 Å². The molecule has 0 aliphatic rings. The number of benzene rings is 1. The fourth-order valence-corrected chi connectivity index (χ4v) is 1.36. The first-order valence-corrected chi connectivity index (χ1v) is 5.17. The molecule has 1 N–H and O–H groups in total. The van der Waals surface area contributed by atoms with Crippen molar-refractivity contribution >= 4 is 44.8 Å². The van der Waals surface area contributed by atoms with Gasteiger partial charge in [-0.3, -0.25) is 14.9 Å². The van der Waals surface area contributed by atoms with Gasteiger partial charge in [-0.2, -0.15) is 0 Å². The van der Waals surface area contributed by atoms with Crippen LogP contribution >= 0.6 is 27.5 Å². The number of alkyl halides is 1. The Bertz CT molecular complexity index is 411. The van der Waals surface area contributed by atoms with Gasteiger partial charge in [0.1, 0.15) is 11.6 Å². The van der Waals surface area contributed by atoms with E-state index in [-0.39, 0.29) is 17.3 Å². The summed E-state index contributed by atoms with van der Waals surface area (Å²) in [5.74, 6) is -0.727. The highest BCUT2D eigenvalue weighted by molar-refractivity contribution is 9.10. The van der Waals surface area contributed by atoms with Crippen LogP contribution in [0.4, 0.5) is 11.4 Å². The number of hydrogen-bond donors (Lipinski definition) is 1. The van der Waals surface area contributed by atoms with Gasteiger partial charge in [0.2, 0.25) is 5.91 Å². The monoisotopic (exact) mass is 292 g/mol. The van der Waals surface area contributed by atoms with Crippen molar-refractivity contribution in [1.82, 2.24) is 0 Å². The molecular formula is C8H6BrClN2O3. The molecule has 0 atom stereocenters. The summed E-state index contributed by atoms with van der Waals surface area (Å²) in [5.41, 5.74) is -0.0447. The van der Waals surface area contributed by atoms with Gasteiger partial charge in [0.25, 0.3) is 5.69 Å². The Kier molecular flexibility index (Phi) is 4.05. The maximum Gasteiger partial charge on any atom is 0.293 e. The van der Waals surface area contributed by atoms with E-state index in [0.717, 1.165) is 0 Å². The fraction of sp³-hybridized carbons (Fsp3) is 0.125. The molecule has 80 valence electrons. The Balaban J connectivity index is 3.06. The predicted octanol–water partition coefficient (Wildman–Crippen LogP) is 2.53. The lowest BCUT2D eigenvalue weighted by Crippen LogP contribution is -2.13. The second-order valence-corrected chi connectivity index (χ2v) is 3.78. The number of nitro benzene ring substituents is 1. The van der Waals surface area contributed by atoms with Crippen LogP contribution in [0.1, 0.15) is 0 Å². The third-order valence-electron chi connectivity index (χ3n) is 1.55. The lowest BCUT2D eigenvalue weighted by molar-refractivity contribution is -0.384. The first kappa shape index (κ1) is 11.9. The van der Waals surface area contributed by atoms with Crippen molar-refractivity contribution in [3.05, 3.63) is 32.8 Å². The van der Waals surface area contributed by atoms with Crippen LogP contribution in [-0.2, 0) is 4.79 Å². The Hall–Kier alpha value is -1.14. The van der Waals surface area contributed by atoms with E-state index >= 15 is 0 Å². The molecule has 0 aromatic heterocycles. The average molecular weight is 294 g/mol. The summed E-state index contributed by atoms with van der Waals surface area (Å²) in [6.07, 6.45) is 0. The van der Waals surface area contributed by atoms with Crippen LogP contribution < -0.4 is 5.32 Å². The number of carbonyl (C=O) groups is 1. The van der Waals surface area contributed by atoms with E-state index in [1.54, 1.807) is 6.07 Å². The highest BCUT2D eigenvalue weighted by Gasteiger charge is 2.15. The molecule has 1 amide bonds. The molecule has 15 heavy (non-hydrogen) atoms. The van der Waals surface area contributed by atoms with Gasteiger partial charge in [0.05, 0.1) is 4.92 Å². The molecule has 0 spiro atoms. The summed E-state index contributed by atoms with van der Waals surface area (Å²) in [6.45, 7) is 0. The third-order valence-corrected chi connectivity index (χ3v) is 2.29. The van der Waals surface area contributed by atoms with Gasteiger partial charge in [0, 0.05) is 10.5 Å². The van der Waals surface area contributed by atoms with Crippen molar-refractivity contribution in [2.45, 2.75) is 0 Å². The zero-order chi connectivity index (χ0) is 11.4. The van der Waals surface area contributed by atoms with Gasteiger partial charge in [-0.05, 0) is 12.1 Å². The molecular weight excluding hydrogens is 287 g/mol. The molecule has 0 aliphatic carbocycles. The molecule has 0 saturated heterocycles. The second-order valence-electron chi connectivity index (χ2n) is 2.60. The minimum Gasteiger partial charge on any atom is -0.319 e. The SMILES string of the molecule is O=C(CCl)Nc1ccc(Br)cc1[N+](=O)[O-]. The maximum absolute atomic E-state index is 11.0. The molecule has 1 aromatic rings. The number of nitro groups is 1. The number of amides is 1. The van der Waals surface area contributed by atoms with Gasteiger partial charge in [-0.1, -0.05) is 15.9 Å². The molecule has 7 heteroatoms. The van der Waals surface area contributed by atoms with E-state index in [9.17, 15) is 14.9 Å². The van der Waals surface area contributed by atoms with E-state index in [0.29, 0.717) is 4.47 Å². The van der Waals surface area contributed by atoms with Crippen molar-refractivity contribution in [2.24, 2.45) is 0 Å². The molecule has 0 bridgehead atoms. The zero-order valence-electron chi connectivity index (χ0n) is 7.37. The van der Waals surface area contributed by atoms with Crippen molar-refractivity contribution in [2.75, 3.05) is 11.2 Å². The van der Waals surface area contributed by atoms with E-state index in [2.05, 4.69) is 21.2 Å². The first-order valence-electron chi connectivity index (χ1n) is 3.84. The molecule has 0 radical (unpaired) electrons. The van der Waals surface area contributed by atoms with Gasteiger partial charge in [0.15, 0.2) is 0 Å². The Morgan fingerprint density at radius 3 is 2.80 bits per heavy atom. The smallest absolute Gasteiger partial charge is 0.293 e. The maximum atomic E-state index is 11.0. The summed E-state index contributed by atoms with van der Waals surface area (Å²) in [6, 6.07) is 4.34. The van der Waals surface area contributed by atoms with Gasteiger partial charge < -0.3 is 5.32 Å². The number of carbonyl (C=O) groups excluding carboxylic acids is 1. The molecule has 1 aromatic carbocycles. The number of nitrogens with one attached hydrogen (secondary N) is 1. The first-order chi connectivity index (χ1) is 7.04. The van der Waals surface area contributed by atoms with Crippen LogP contribution in [0.3, 0.4) is 0 Å². The molecule has 0 heterocycles. The third kappa shape index (κ3) is 3.17. The molecule has 5 nitrogen and oxygen atoms in total. The van der Waals surface area contributed by atoms with Gasteiger partial charge in [-0.15, -0.1) is 11.6 Å². The number of hydrogen-bond acceptors (Lipinski definition) is 3. The summed E-state index contributed by atoms with van der Waals surface area (Å²) >= 11 is 8.38. The van der Waals surface area contributed by atoms with Crippen LogP contribution in [0.15, 0.2) is 22.7 Å². The molecule has 0 unspecified atom stereocenters. The highest BCUT2D eigenvalue weighted by atomic mass is 79.9. The minimum atomic E-state index is -0.575. The Morgan fingerprint density at radius 1 is 1.60 bits per heavy atom. The summed E-state index contributed by atoms with van der Waals surface area (Å²) < 4.78 is 0.568. The Labute approximate surface area is 98.7 Å². The largest absolute Gasteiger partial charge is 0.319 e. The van der Waals surface area contributed by atoms with E-state index in [1.807, 2.05) is 0 Å². The van der Waals surface area contributed by atoms with Crippen LogP contribution in [0.2, 0.25) is 0 Å². The lowest BCUT2D eigenvalue weighted by atomic mass is 10.2. The van der Waals surface area contributed by atoms with E-state index in [4.69, 9.17) is 11.6 Å². The standard InChI is InChI=1S/C8H6BrClN2O3/c9-5-1-2-6(11-8(13)4-10)7(3-5)12(14)15/h1-3H,4H2,(H,11,13). The quantitative estimate of drug-likeness (QED) is 0.529. The van der Waals surface area contributed by atoms with E-state index in [1.165, 1.54) is 12.1 Å². The topological polar surface area (TPSA) is 72.2 Å². The lowest BCUT2D eigenvalue weighted by Gasteiger charge is -2.03. The summed E-state index contributed by atoms with van der Waals surface area (Å²) in [4.78, 5) is 21.0. The zero-order valence-corrected chi connectivity index (χ0v) is 9.71. The highest BCUT2D eigenvalue weighted by Crippen LogP contribution is 2.27. The van der Waals surface area contributed by atoms with Crippen LogP contribution in [0.25, 0.3) is 0 Å². The fourth-order valence-electron chi connectivity index (χ4n) is 0.945. The molecule has 0 fully saturated rings. The summed E-state index contributed by atoms with van der Waals surface area (Å²) in [7, 11) is 0. The van der Waals surface area contributed by atoms with Crippen LogP contribution in [-0.4, -0.2) is 16.7 Å². The number of halogens is 2. The number of rotatable bonds is 3. The van der Waals surface area contributed by atoms with E-state index < -0.39 is 10.8 Å². The number of anilines is 1. The van der Waals surface area contributed by atoms with Crippen LogP contribution in [0.5, 0.6) is 0 Å². The minimum absolute atomic E-state index is 0.133. The molecule has 0 saturated carbocycles. The van der Waals surface area contributed by atoms with Crippen molar-refractivity contribution in [3.8, 4) is 0 Å². The Morgan fingerprint density at radius 2 is 2.27 bits per heavy atom. The normalized spacial score (nSPS) is 9.73. The van der Waals surface area contributed by atoms with Crippen molar-refractivity contribution in [3.63, 3.8) is 0 Å². The average Bonchev–Trinajstić information content (AvgIpc) is 2.20. The van der Waals surface area contributed by atoms with Gasteiger partial charge >= 0.3 is 0 Å². The van der Waals surface area contributed by atoms with Gasteiger partial charge in [-0.25, -0.2) is 0 Å². The van der Waals surface area contributed by atoms with Crippen LogP contribution in [0, 0.1) is 10.1 Å². The number of nitrogens with zero attached hydrogens (tertiary/aromatic N) is 1. The summed E-state index contributed by atoms with van der Waals surface area (Å²) in [5, 5.41) is 13.0.